The number of carboxylic acid groups (broad SMARTS) is 1. The zero-order valence-corrected chi connectivity index (χ0v) is 12.4. The number of thiazole rings is 1. The van der Waals surface area contributed by atoms with Gasteiger partial charge in [-0.2, -0.15) is 0 Å². The summed E-state index contributed by atoms with van der Waals surface area (Å²) in [5, 5.41) is 19.8. The van der Waals surface area contributed by atoms with Crippen molar-refractivity contribution in [3.63, 3.8) is 0 Å². The summed E-state index contributed by atoms with van der Waals surface area (Å²) in [5.74, 6) is -1.88. The van der Waals surface area contributed by atoms with Crippen molar-refractivity contribution in [3.8, 4) is 0 Å². The van der Waals surface area contributed by atoms with Crippen LogP contribution in [-0.4, -0.2) is 26.0 Å². The van der Waals surface area contributed by atoms with Crippen molar-refractivity contribution in [2.24, 2.45) is 0 Å². The van der Waals surface area contributed by atoms with Gasteiger partial charge in [0.2, 0.25) is 0 Å². The Morgan fingerprint density at radius 3 is 2.50 bits per heavy atom. The zero-order valence-electron chi connectivity index (χ0n) is 9.24. The summed E-state index contributed by atoms with van der Waals surface area (Å²) in [4.78, 5) is 28.5. The predicted octanol–water partition coefficient (Wildman–Crippen LogP) is 3.60. The van der Waals surface area contributed by atoms with Gasteiger partial charge in [-0.05, 0) is 9.91 Å². The van der Waals surface area contributed by atoms with Crippen molar-refractivity contribution in [1.29, 1.82) is 0 Å². The maximum absolute atomic E-state index is 10.9. The third-order valence-corrected chi connectivity index (χ3v) is 5.08. The molecule has 0 saturated carbocycles. The molecule has 104 valence electrons. The average molecular weight is 352 g/mol. The van der Waals surface area contributed by atoms with Crippen LogP contribution >= 0.6 is 46.3 Å². The number of aromatic carboxylic acids is 1. The number of nitrogens with zero attached hydrogens (tertiary/aromatic N) is 3. The van der Waals surface area contributed by atoms with Gasteiger partial charge >= 0.3 is 16.8 Å². The largest absolute Gasteiger partial charge is 0.474 e. The minimum absolute atomic E-state index is 0.0856. The van der Waals surface area contributed by atoms with Gasteiger partial charge in [0.1, 0.15) is 0 Å². The number of nitro groups is 1. The molecule has 0 aliphatic carbocycles. The van der Waals surface area contributed by atoms with Gasteiger partial charge in [-0.25, -0.2) is 4.79 Å². The quantitative estimate of drug-likeness (QED) is 0.662. The molecule has 0 bridgehead atoms. The Morgan fingerprint density at radius 2 is 2.00 bits per heavy atom. The number of carboxylic acids is 1. The van der Waals surface area contributed by atoms with Crippen molar-refractivity contribution in [2.75, 3.05) is 0 Å². The minimum atomic E-state index is -1.34. The first-order valence-corrected chi connectivity index (χ1v) is 7.14. The van der Waals surface area contributed by atoms with Gasteiger partial charge in [0.05, 0.1) is 14.9 Å². The van der Waals surface area contributed by atoms with E-state index in [1.54, 1.807) is 0 Å². The first-order chi connectivity index (χ1) is 9.40. The topological polar surface area (TPSA) is 106 Å². The van der Waals surface area contributed by atoms with Gasteiger partial charge in [0, 0.05) is 12.4 Å². The van der Waals surface area contributed by atoms with Crippen LogP contribution in [0.2, 0.25) is 10.0 Å². The van der Waals surface area contributed by atoms with Crippen LogP contribution in [0.3, 0.4) is 0 Å². The molecule has 0 spiro atoms. The second-order valence-corrected chi connectivity index (χ2v) is 6.32. The lowest BCUT2D eigenvalue weighted by Gasteiger charge is -2.03. The highest BCUT2D eigenvalue weighted by molar-refractivity contribution is 8.01. The van der Waals surface area contributed by atoms with E-state index >= 15 is 0 Å². The van der Waals surface area contributed by atoms with E-state index in [0.717, 1.165) is 11.8 Å². The smallest absolute Gasteiger partial charge is 0.391 e. The van der Waals surface area contributed by atoms with Gasteiger partial charge in [-0.1, -0.05) is 46.3 Å². The number of halogens is 2. The van der Waals surface area contributed by atoms with Crippen LogP contribution in [-0.2, 0) is 0 Å². The molecule has 2 aromatic heterocycles. The number of carbonyl (C=O) groups is 1. The van der Waals surface area contributed by atoms with Crippen LogP contribution in [0.5, 0.6) is 0 Å². The van der Waals surface area contributed by atoms with Crippen LogP contribution in [0.1, 0.15) is 9.80 Å². The van der Waals surface area contributed by atoms with Gasteiger partial charge in [0.15, 0.2) is 4.21 Å². The first-order valence-electron chi connectivity index (χ1n) is 4.75. The molecule has 7 nitrogen and oxygen atoms in total. The molecule has 0 aliphatic rings. The Morgan fingerprint density at radius 1 is 1.40 bits per heavy atom. The van der Waals surface area contributed by atoms with Crippen molar-refractivity contribution >= 4 is 58.1 Å². The Hall–Kier alpha value is -1.42. The molecule has 2 heterocycles. The van der Waals surface area contributed by atoms with E-state index in [9.17, 15) is 14.9 Å². The van der Waals surface area contributed by atoms with Crippen LogP contribution in [0.25, 0.3) is 0 Å². The van der Waals surface area contributed by atoms with Gasteiger partial charge in [-0.3, -0.25) is 4.98 Å². The lowest BCUT2D eigenvalue weighted by atomic mass is 10.5. The normalized spacial score (nSPS) is 10.5. The number of rotatable bonds is 4. The highest BCUT2D eigenvalue weighted by atomic mass is 35.5. The molecule has 0 radical (unpaired) electrons. The third kappa shape index (κ3) is 3.01. The molecule has 1 N–H and O–H groups in total. The summed E-state index contributed by atoms with van der Waals surface area (Å²) in [6, 6.07) is 0. The number of aromatic nitrogens is 2. The zero-order chi connectivity index (χ0) is 14.9. The fraction of sp³-hybridized carbons (Fsp3) is 0. The standard InChI is InChI=1S/C9H3Cl2N3O4S2/c10-3-1-12-2-4(11)5(3)19-9-6(14(17)18)13-7(20-9)8(15)16/h1-2H,(H,15,16). The summed E-state index contributed by atoms with van der Waals surface area (Å²) in [5.41, 5.74) is 0. The van der Waals surface area contributed by atoms with E-state index in [1.807, 2.05) is 0 Å². The summed E-state index contributed by atoms with van der Waals surface area (Å²) in [6.45, 7) is 0. The van der Waals surface area contributed by atoms with Crippen LogP contribution in [0.4, 0.5) is 5.82 Å². The van der Waals surface area contributed by atoms with Crippen molar-refractivity contribution in [3.05, 3.63) is 37.6 Å². The fourth-order valence-electron chi connectivity index (χ4n) is 1.16. The molecular weight excluding hydrogens is 349 g/mol. The SMILES string of the molecule is O=C(O)c1nc([N+](=O)[O-])c(Sc2c(Cl)cncc2Cl)s1. The second kappa shape index (κ2) is 5.92. The molecule has 2 rings (SSSR count). The van der Waals surface area contributed by atoms with Crippen LogP contribution < -0.4 is 0 Å². The van der Waals surface area contributed by atoms with E-state index in [1.165, 1.54) is 12.4 Å². The summed E-state index contributed by atoms with van der Waals surface area (Å²) >= 11 is 13.4. The molecule has 0 fully saturated rings. The number of pyridine rings is 1. The van der Waals surface area contributed by atoms with E-state index in [0.29, 0.717) is 16.2 Å². The maximum Gasteiger partial charge on any atom is 0.391 e. The van der Waals surface area contributed by atoms with Crippen molar-refractivity contribution in [2.45, 2.75) is 9.10 Å². The molecule has 0 amide bonds. The molecule has 0 aliphatic heterocycles. The lowest BCUT2D eigenvalue weighted by Crippen LogP contribution is -1.96. The summed E-state index contributed by atoms with van der Waals surface area (Å²) < 4.78 is 0.0856. The van der Waals surface area contributed by atoms with E-state index in [2.05, 4.69) is 9.97 Å². The molecule has 0 atom stereocenters. The second-order valence-electron chi connectivity index (χ2n) is 3.23. The first kappa shape index (κ1) is 15.0. The van der Waals surface area contributed by atoms with Crippen molar-refractivity contribution in [1.82, 2.24) is 9.97 Å². The number of hydrogen-bond acceptors (Lipinski definition) is 7. The van der Waals surface area contributed by atoms with Gasteiger partial charge < -0.3 is 15.2 Å². The minimum Gasteiger partial charge on any atom is -0.474 e. The van der Waals surface area contributed by atoms with Crippen LogP contribution in [0.15, 0.2) is 21.5 Å². The fourth-order valence-corrected chi connectivity index (χ4v) is 3.71. The Bertz CT molecular complexity index is 686. The molecular formula is C9H3Cl2N3O4S2. The monoisotopic (exact) mass is 351 g/mol. The van der Waals surface area contributed by atoms with Crippen LogP contribution in [0, 0.1) is 10.1 Å². The van der Waals surface area contributed by atoms with E-state index in [-0.39, 0.29) is 19.3 Å². The Labute approximate surface area is 129 Å². The highest BCUT2D eigenvalue weighted by Crippen LogP contribution is 2.44. The predicted molar refractivity (Wildman–Crippen MR) is 74.1 cm³/mol. The molecule has 0 unspecified atom stereocenters. The summed E-state index contributed by atoms with van der Waals surface area (Å²) in [7, 11) is 0. The molecule has 0 saturated heterocycles. The molecule has 2 aromatic rings. The van der Waals surface area contributed by atoms with E-state index < -0.39 is 16.7 Å². The van der Waals surface area contributed by atoms with E-state index in [4.69, 9.17) is 28.3 Å². The highest BCUT2D eigenvalue weighted by Gasteiger charge is 2.28. The molecule has 11 heteroatoms. The Balaban J connectivity index is 2.47. The number of hydrogen-bond donors (Lipinski definition) is 1. The molecule has 0 aromatic carbocycles. The third-order valence-electron chi connectivity index (χ3n) is 1.94. The van der Waals surface area contributed by atoms with Gasteiger partial charge in [-0.15, -0.1) is 0 Å². The van der Waals surface area contributed by atoms with Crippen molar-refractivity contribution < 1.29 is 14.8 Å². The maximum atomic E-state index is 10.9. The van der Waals surface area contributed by atoms with Gasteiger partial charge in [0.25, 0.3) is 0 Å². The average Bonchev–Trinajstić information content (AvgIpc) is 2.78. The summed E-state index contributed by atoms with van der Waals surface area (Å²) in [6.07, 6.45) is 2.67. The Kier molecular flexibility index (Phi) is 4.43. The molecule has 20 heavy (non-hydrogen) atoms. The lowest BCUT2D eigenvalue weighted by molar-refractivity contribution is -0.391.